The minimum atomic E-state index is -1.05. The van der Waals surface area contributed by atoms with Crippen molar-refractivity contribution in [1.82, 2.24) is 0 Å². The maximum absolute atomic E-state index is 12.1. The summed E-state index contributed by atoms with van der Waals surface area (Å²) in [7, 11) is 0. The van der Waals surface area contributed by atoms with Crippen molar-refractivity contribution < 1.29 is 29.6 Å². The Balaban J connectivity index is 2.61. The van der Waals surface area contributed by atoms with Crippen LogP contribution >= 0.6 is 0 Å². The molecule has 3 N–H and O–H groups in total. The van der Waals surface area contributed by atoms with Crippen molar-refractivity contribution in [2.75, 3.05) is 13.2 Å². The average molecular weight is 397 g/mol. The second-order valence-electron chi connectivity index (χ2n) is 7.66. The molecule has 0 bridgehead atoms. The van der Waals surface area contributed by atoms with Gasteiger partial charge in [0.25, 0.3) is 0 Å². The minimum absolute atomic E-state index is 0.0737. The molecule has 1 saturated carbocycles. The van der Waals surface area contributed by atoms with Gasteiger partial charge in [0.15, 0.2) is 0 Å². The number of hydrogen-bond donors (Lipinski definition) is 3. The molecule has 1 aliphatic rings. The maximum atomic E-state index is 12.1. The topological polar surface area (TPSA) is 104 Å². The Labute approximate surface area is 168 Å². The van der Waals surface area contributed by atoms with Crippen LogP contribution in [0.5, 0.6) is 0 Å². The summed E-state index contributed by atoms with van der Waals surface area (Å²) in [5, 5.41) is 28.0. The SMILES string of the molecule is C=C[C@H]1[C@H](O)CC(=O)[C@@H]1C/C=C\CC(CC(=O)OCC(O)CO)C(CC)CC. The Morgan fingerprint density at radius 2 is 1.96 bits per heavy atom. The molecule has 0 heterocycles. The quantitative estimate of drug-likeness (QED) is 0.326. The molecule has 6 nitrogen and oxygen atoms in total. The lowest BCUT2D eigenvalue weighted by atomic mass is 9.83. The van der Waals surface area contributed by atoms with Crippen molar-refractivity contribution in [2.24, 2.45) is 23.7 Å². The van der Waals surface area contributed by atoms with E-state index in [0.717, 1.165) is 12.8 Å². The van der Waals surface area contributed by atoms with E-state index in [1.165, 1.54) is 0 Å². The molecule has 0 aromatic rings. The number of carbonyl (C=O) groups is 2. The van der Waals surface area contributed by atoms with E-state index in [4.69, 9.17) is 9.84 Å². The first-order valence-corrected chi connectivity index (χ1v) is 10.3. The van der Waals surface area contributed by atoms with Gasteiger partial charge in [0, 0.05) is 24.7 Å². The van der Waals surface area contributed by atoms with E-state index in [-0.39, 0.29) is 49.0 Å². The third-order valence-corrected chi connectivity index (χ3v) is 5.79. The number of aliphatic hydroxyl groups excluding tert-OH is 3. The summed E-state index contributed by atoms with van der Waals surface area (Å²) in [6.07, 6.45) is 7.57. The summed E-state index contributed by atoms with van der Waals surface area (Å²) in [6, 6.07) is 0. The Morgan fingerprint density at radius 1 is 1.29 bits per heavy atom. The van der Waals surface area contributed by atoms with Crippen LogP contribution in [0.15, 0.2) is 24.8 Å². The second kappa shape index (κ2) is 12.9. The number of rotatable bonds is 13. The van der Waals surface area contributed by atoms with Gasteiger partial charge in [-0.2, -0.15) is 0 Å². The minimum Gasteiger partial charge on any atom is -0.463 e. The number of carbonyl (C=O) groups excluding carboxylic acids is 2. The van der Waals surface area contributed by atoms with Crippen LogP contribution in [0, 0.1) is 23.7 Å². The van der Waals surface area contributed by atoms with Gasteiger partial charge in [0.2, 0.25) is 0 Å². The van der Waals surface area contributed by atoms with Crippen LogP contribution in [0.2, 0.25) is 0 Å². The standard InChI is InChI=1S/C22H36O6/c1-4-15(5-2)16(11-22(27)28-14-17(24)13-23)9-7-8-10-19-18(6-3)20(25)12-21(19)26/h6-8,15-20,23-25H,3-5,9-14H2,1-2H3/b8-7-/t16?,17?,18-,19-,20-/m1/s1. The van der Waals surface area contributed by atoms with Gasteiger partial charge in [-0.05, 0) is 24.7 Å². The van der Waals surface area contributed by atoms with Gasteiger partial charge in [0.05, 0.1) is 12.7 Å². The van der Waals surface area contributed by atoms with Crippen molar-refractivity contribution in [3.05, 3.63) is 24.8 Å². The van der Waals surface area contributed by atoms with Gasteiger partial charge in [-0.25, -0.2) is 0 Å². The second-order valence-corrected chi connectivity index (χ2v) is 7.66. The molecule has 1 aliphatic carbocycles. The smallest absolute Gasteiger partial charge is 0.306 e. The lowest BCUT2D eigenvalue weighted by Crippen LogP contribution is -2.24. The van der Waals surface area contributed by atoms with Gasteiger partial charge in [0.1, 0.15) is 18.5 Å². The van der Waals surface area contributed by atoms with Crippen molar-refractivity contribution >= 4 is 11.8 Å². The molecule has 6 heteroatoms. The zero-order valence-electron chi connectivity index (χ0n) is 17.1. The van der Waals surface area contributed by atoms with Gasteiger partial charge < -0.3 is 20.1 Å². The zero-order chi connectivity index (χ0) is 21.1. The Bertz CT molecular complexity index is 525. The zero-order valence-corrected chi connectivity index (χ0v) is 17.1. The van der Waals surface area contributed by atoms with Gasteiger partial charge in [-0.3, -0.25) is 9.59 Å². The molecule has 0 aromatic carbocycles. The first-order valence-electron chi connectivity index (χ1n) is 10.3. The van der Waals surface area contributed by atoms with E-state index in [1.54, 1.807) is 6.08 Å². The van der Waals surface area contributed by atoms with E-state index in [9.17, 15) is 19.8 Å². The number of ether oxygens (including phenoxy) is 1. The van der Waals surface area contributed by atoms with Crippen LogP contribution in [-0.4, -0.2) is 52.5 Å². The van der Waals surface area contributed by atoms with E-state index in [2.05, 4.69) is 20.4 Å². The third kappa shape index (κ3) is 7.49. The highest BCUT2D eigenvalue weighted by Gasteiger charge is 2.38. The summed E-state index contributed by atoms with van der Waals surface area (Å²) >= 11 is 0. The van der Waals surface area contributed by atoms with Crippen molar-refractivity contribution in [3.63, 3.8) is 0 Å². The first kappa shape index (κ1) is 24.5. The molecule has 0 radical (unpaired) electrons. The van der Waals surface area contributed by atoms with Crippen LogP contribution in [-0.2, 0) is 14.3 Å². The highest BCUT2D eigenvalue weighted by atomic mass is 16.5. The molecule has 28 heavy (non-hydrogen) atoms. The fraction of sp³-hybridized carbons (Fsp3) is 0.727. The fourth-order valence-corrected chi connectivity index (χ4v) is 4.01. The average Bonchev–Trinajstić information content (AvgIpc) is 2.96. The Kier molecular flexibility index (Phi) is 11.3. The molecule has 0 saturated heterocycles. The lowest BCUT2D eigenvalue weighted by molar-refractivity contribution is -0.148. The first-order chi connectivity index (χ1) is 13.4. The monoisotopic (exact) mass is 396 g/mol. The normalized spacial score (nSPS) is 24.6. The molecule has 1 fully saturated rings. The summed E-state index contributed by atoms with van der Waals surface area (Å²) in [4.78, 5) is 24.1. The molecule has 5 atom stereocenters. The molecule has 0 aromatic heterocycles. The predicted octanol–water partition coefficient (Wildman–Crippen LogP) is 2.41. The van der Waals surface area contributed by atoms with Crippen LogP contribution in [0.4, 0.5) is 0 Å². The van der Waals surface area contributed by atoms with Crippen LogP contribution in [0.1, 0.15) is 52.4 Å². The Hall–Kier alpha value is -1.50. The third-order valence-electron chi connectivity index (χ3n) is 5.79. The summed E-state index contributed by atoms with van der Waals surface area (Å²) < 4.78 is 5.05. The van der Waals surface area contributed by atoms with Crippen LogP contribution in [0.25, 0.3) is 0 Å². The van der Waals surface area contributed by atoms with Crippen molar-refractivity contribution in [3.8, 4) is 0 Å². The maximum Gasteiger partial charge on any atom is 0.306 e. The highest BCUT2D eigenvalue weighted by molar-refractivity contribution is 5.84. The van der Waals surface area contributed by atoms with E-state index in [1.807, 2.05) is 12.2 Å². The highest BCUT2D eigenvalue weighted by Crippen LogP contribution is 2.33. The molecular weight excluding hydrogens is 360 g/mol. The molecule has 2 unspecified atom stereocenters. The summed E-state index contributed by atoms with van der Waals surface area (Å²) in [6.45, 7) is 7.28. The van der Waals surface area contributed by atoms with Crippen molar-refractivity contribution in [2.45, 2.75) is 64.6 Å². The Morgan fingerprint density at radius 3 is 2.54 bits per heavy atom. The van der Waals surface area contributed by atoms with Crippen molar-refractivity contribution in [1.29, 1.82) is 0 Å². The van der Waals surface area contributed by atoms with E-state index < -0.39 is 18.8 Å². The van der Waals surface area contributed by atoms with Gasteiger partial charge in [-0.1, -0.05) is 44.9 Å². The molecule has 0 aliphatic heterocycles. The predicted molar refractivity (Wildman–Crippen MR) is 107 cm³/mol. The van der Waals surface area contributed by atoms with Gasteiger partial charge >= 0.3 is 5.97 Å². The fourth-order valence-electron chi connectivity index (χ4n) is 4.01. The molecular formula is C22H36O6. The number of esters is 1. The number of hydrogen-bond acceptors (Lipinski definition) is 6. The number of aliphatic hydroxyl groups is 3. The summed E-state index contributed by atoms with van der Waals surface area (Å²) in [5.74, 6) is -0.232. The molecule has 160 valence electrons. The molecule has 1 rings (SSSR count). The summed E-state index contributed by atoms with van der Waals surface area (Å²) in [5.41, 5.74) is 0. The van der Waals surface area contributed by atoms with Crippen LogP contribution in [0.3, 0.4) is 0 Å². The van der Waals surface area contributed by atoms with E-state index >= 15 is 0 Å². The number of allylic oxidation sites excluding steroid dienone is 2. The largest absolute Gasteiger partial charge is 0.463 e. The molecule has 0 amide bonds. The van der Waals surface area contributed by atoms with Gasteiger partial charge in [-0.15, -0.1) is 6.58 Å². The van der Waals surface area contributed by atoms with Crippen LogP contribution < -0.4 is 0 Å². The van der Waals surface area contributed by atoms with E-state index in [0.29, 0.717) is 18.8 Å². The molecule has 0 spiro atoms. The lowest BCUT2D eigenvalue weighted by Gasteiger charge is -2.24. The number of Topliss-reactive ketones (excluding diaryl/α,β-unsaturated/α-hetero) is 1. The number of ketones is 1.